The number of fused-ring (bicyclic) bond motifs is 1. The summed E-state index contributed by atoms with van der Waals surface area (Å²) in [4.78, 5) is 29.1. The number of halogens is 1. The molecule has 2 aromatic carbocycles. The van der Waals surface area contributed by atoms with Crippen LogP contribution in [0.25, 0.3) is 22.2 Å². The van der Waals surface area contributed by atoms with E-state index in [2.05, 4.69) is 4.98 Å². The van der Waals surface area contributed by atoms with Crippen molar-refractivity contribution in [2.24, 2.45) is 0 Å². The molecule has 140 valence electrons. The van der Waals surface area contributed by atoms with Crippen LogP contribution in [-0.2, 0) is 6.54 Å². The largest absolute Gasteiger partial charge is 0.451 e. The van der Waals surface area contributed by atoms with E-state index < -0.39 is 0 Å². The van der Waals surface area contributed by atoms with Crippen molar-refractivity contribution in [3.63, 3.8) is 0 Å². The summed E-state index contributed by atoms with van der Waals surface area (Å²) in [7, 11) is 1.68. The molecule has 0 radical (unpaired) electrons. The molecule has 0 saturated heterocycles. The number of H-pyrrole nitrogens is 1. The minimum Gasteiger partial charge on any atom is -0.451 e. The van der Waals surface area contributed by atoms with E-state index in [0.717, 1.165) is 22.0 Å². The van der Waals surface area contributed by atoms with Crippen LogP contribution in [0.1, 0.15) is 16.1 Å². The summed E-state index contributed by atoms with van der Waals surface area (Å²) in [5.74, 6) is 0.471. The molecule has 1 N–H and O–H groups in total. The molecule has 28 heavy (non-hydrogen) atoms. The van der Waals surface area contributed by atoms with Gasteiger partial charge in [0.05, 0.1) is 5.02 Å². The Labute approximate surface area is 166 Å². The van der Waals surface area contributed by atoms with E-state index in [0.29, 0.717) is 10.8 Å². The Morgan fingerprint density at radius 1 is 1.07 bits per heavy atom. The first kappa shape index (κ1) is 18.1. The Balaban J connectivity index is 1.60. The zero-order valence-electron chi connectivity index (χ0n) is 15.1. The summed E-state index contributed by atoms with van der Waals surface area (Å²) >= 11 is 6.20. The molecule has 6 heteroatoms. The van der Waals surface area contributed by atoms with Crippen molar-refractivity contribution in [2.45, 2.75) is 6.54 Å². The van der Waals surface area contributed by atoms with Crippen molar-refractivity contribution >= 4 is 28.4 Å². The Hall–Kier alpha value is -3.31. The number of carbonyl (C=O) groups excluding carboxylic acids is 1. The van der Waals surface area contributed by atoms with Gasteiger partial charge in [0.25, 0.3) is 5.91 Å². The highest BCUT2D eigenvalue weighted by Crippen LogP contribution is 2.29. The minimum atomic E-state index is -0.275. The third-order valence-electron chi connectivity index (χ3n) is 4.55. The fraction of sp³-hybridized carbons (Fsp3) is 0.0909. The normalized spacial score (nSPS) is 10.9. The molecule has 0 bridgehead atoms. The Morgan fingerprint density at radius 3 is 2.64 bits per heavy atom. The molecule has 4 rings (SSSR count). The summed E-state index contributed by atoms with van der Waals surface area (Å²) in [6.07, 6.45) is 0. The van der Waals surface area contributed by atoms with Crippen LogP contribution < -0.4 is 5.56 Å². The number of nitrogens with zero attached hydrogens (tertiary/aromatic N) is 1. The van der Waals surface area contributed by atoms with E-state index in [1.54, 1.807) is 25.2 Å². The molecule has 0 fully saturated rings. The average molecular weight is 393 g/mol. The van der Waals surface area contributed by atoms with Crippen molar-refractivity contribution in [1.82, 2.24) is 9.88 Å². The van der Waals surface area contributed by atoms with Crippen LogP contribution in [0.15, 0.2) is 75.9 Å². The molecule has 1 amide bonds. The fourth-order valence-electron chi connectivity index (χ4n) is 3.18. The van der Waals surface area contributed by atoms with Gasteiger partial charge >= 0.3 is 0 Å². The highest BCUT2D eigenvalue weighted by Gasteiger charge is 2.18. The number of carbonyl (C=O) groups is 1. The maximum atomic E-state index is 12.8. The molecule has 0 unspecified atom stereocenters. The SMILES string of the molecule is CN(Cc1cc(=O)[nH]c2ccccc12)C(=O)c1ccc(-c2ccccc2Cl)o1. The second-order valence-electron chi connectivity index (χ2n) is 6.51. The van der Waals surface area contributed by atoms with Crippen molar-refractivity contribution in [2.75, 3.05) is 7.05 Å². The van der Waals surface area contributed by atoms with Gasteiger partial charge in [0.1, 0.15) is 5.76 Å². The monoisotopic (exact) mass is 392 g/mol. The minimum absolute atomic E-state index is 0.200. The second-order valence-corrected chi connectivity index (χ2v) is 6.92. The molecule has 0 atom stereocenters. The maximum absolute atomic E-state index is 12.8. The van der Waals surface area contributed by atoms with E-state index in [1.165, 1.54) is 11.0 Å². The van der Waals surface area contributed by atoms with Crippen LogP contribution in [0.2, 0.25) is 5.02 Å². The van der Waals surface area contributed by atoms with Gasteiger partial charge in [0.2, 0.25) is 5.56 Å². The van der Waals surface area contributed by atoms with E-state index in [1.807, 2.05) is 42.5 Å². The van der Waals surface area contributed by atoms with Crippen molar-refractivity contribution in [3.05, 3.63) is 93.4 Å². The molecule has 2 heterocycles. The molecular weight excluding hydrogens is 376 g/mol. The number of benzene rings is 2. The lowest BCUT2D eigenvalue weighted by Gasteiger charge is -2.17. The average Bonchev–Trinajstić information content (AvgIpc) is 3.17. The molecule has 4 aromatic rings. The first-order valence-electron chi connectivity index (χ1n) is 8.74. The Morgan fingerprint density at radius 2 is 1.82 bits per heavy atom. The number of nitrogens with one attached hydrogen (secondary N) is 1. The van der Waals surface area contributed by atoms with Gasteiger partial charge in [-0.3, -0.25) is 9.59 Å². The summed E-state index contributed by atoms with van der Waals surface area (Å²) in [5, 5.41) is 1.46. The lowest BCUT2D eigenvalue weighted by molar-refractivity contribution is 0.0755. The molecule has 0 aliphatic carbocycles. The number of amides is 1. The number of para-hydroxylation sites is 1. The Kier molecular flexibility index (Phi) is 4.75. The number of aromatic amines is 1. The number of pyridine rings is 1. The van der Waals surface area contributed by atoms with Gasteiger partial charge in [-0.25, -0.2) is 0 Å². The smallest absolute Gasteiger partial charge is 0.289 e. The number of hydrogen-bond acceptors (Lipinski definition) is 3. The predicted molar refractivity (Wildman–Crippen MR) is 110 cm³/mol. The second kappa shape index (κ2) is 7.37. The quantitative estimate of drug-likeness (QED) is 0.546. The summed E-state index contributed by atoms with van der Waals surface area (Å²) in [5.41, 5.74) is 2.04. The fourth-order valence-corrected chi connectivity index (χ4v) is 3.41. The first-order valence-corrected chi connectivity index (χ1v) is 9.12. The maximum Gasteiger partial charge on any atom is 0.289 e. The van der Waals surface area contributed by atoms with Gasteiger partial charge in [-0.05, 0) is 35.9 Å². The number of rotatable bonds is 4. The van der Waals surface area contributed by atoms with Crippen LogP contribution >= 0.6 is 11.6 Å². The van der Waals surface area contributed by atoms with Gasteiger partial charge in [-0.2, -0.15) is 0 Å². The van der Waals surface area contributed by atoms with Crippen molar-refractivity contribution in [3.8, 4) is 11.3 Å². The van der Waals surface area contributed by atoms with Crippen molar-refractivity contribution < 1.29 is 9.21 Å². The van der Waals surface area contributed by atoms with Crippen molar-refractivity contribution in [1.29, 1.82) is 0 Å². The topological polar surface area (TPSA) is 66.3 Å². The lowest BCUT2D eigenvalue weighted by Crippen LogP contribution is -2.26. The first-order chi connectivity index (χ1) is 13.5. The zero-order chi connectivity index (χ0) is 19.7. The van der Waals surface area contributed by atoms with Gasteiger partial charge in [0.15, 0.2) is 5.76 Å². The van der Waals surface area contributed by atoms with Gasteiger partial charge in [-0.15, -0.1) is 0 Å². The molecular formula is C22H17ClN2O3. The summed E-state index contributed by atoms with van der Waals surface area (Å²) in [6.45, 7) is 0.283. The van der Waals surface area contributed by atoms with Crippen LogP contribution in [0, 0.1) is 0 Å². The third-order valence-corrected chi connectivity index (χ3v) is 4.88. The van der Waals surface area contributed by atoms with Gasteiger partial charge < -0.3 is 14.3 Å². The molecule has 0 spiro atoms. The van der Waals surface area contributed by atoms with E-state index in [9.17, 15) is 9.59 Å². The van der Waals surface area contributed by atoms with E-state index >= 15 is 0 Å². The van der Waals surface area contributed by atoms with Crippen LogP contribution in [-0.4, -0.2) is 22.8 Å². The zero-order valence-corrected chi connectivity index (χ0v) is 15.9. The summed E-state index contributed by atoms with van der Waals surface area (Å²) in [6, 6.07) is 19.7. The third kappa shape index (κ3) is 3.44. The standard InChI is InChI=1S/C22H17ClN2O3/c1-25(13-14-12-21(26)24-18-9-5-3-6-15(14)18)22(27)20-11-10-19(28-20)16-7-2-4-8-17(16)23/h2-12H,13H2,1H3,(H,24,26). The predicted octanol–water partition coefficient (Wildman–Crippen LogP) is 4.71. The number of furan rings is 1. The highest BCUT2D eigenvalue weighted by atomic mass is 35.5. The Bertz CT molecular complexity index is 1230. The van der Waals surface area contributed by atoms with E-state index in [4.69, 9.17) is 16.0 Å². The van der Waals surface area contributed by atoms with Crippen LogP contribution in [0.5, 0.6) is 0 Å². The van der Waals surface area contributed by atoms with E-state index in [-0.39, 0.29) is 23.8 Å². The highest BCUT2D eigenvalue weighted by molar-refractivity contribution is 6.33. The molecule has 0 saturated carbocycles. The lowest BCUT2D eigenvalue weighted by atomic mass is 10.1. The molecule has 0 aliphatic heterocycles. The van der Waals surface area contributed by atoms with Gasteiger partial charge in [-0.1, -0.05) is 41.9 Å². The van der Waals surface area contributed by atoms with Crippen LogP contribution in [0.4, 0.5) is 0 Å². The number of aromatic nitrogens is 1. The van der Waals surface area contributed by atoms with Crippen LogP contribution in [0.3, 0.4) is 0 Å². The molecule has 2 aromatic heterocycles. The summed E-state index contributed by atoms with van der Waals surface area (Å²) < 4.78 is 5.74. The molecule has 0 aliphatic rings. The van der Waals surface area contributed by atoms with Gasteiger partial charge in [0, 0.05) is 36.1 Å². The molecule has 5 nitrogen and oxygen atoms in total. The number of hydrogen-bond donors (Lipinski definition) is 1.